The van der Waals surface area contributed by atoms with Crippen molar-refractivity contribution in [3.63, 3.8) is 0 Å². The van der Waals surface area contributed by atoms with Crippen LogP contribution in [0.25, 0.3) is 0 Å². The van der Waals surface area contributed by atoms with Crippen molar-refractivity contribution in [2.24, 2.45) is 17.8 Å². The number of hydrogen-bond acceptors (Lipinski definition) is 4. The molecule has 3 unspecified atom stereocenters. The Morgan fingerprint density at radius 1 is 1.00 bits per heavy atom. The van der Waals surface area contributed by atoms with E-state index in [1.807, 2.05) is 0 Å². The van der Waals surface area contributed by atoms with E-state index in [2.05, 4.69) is 53.8 Å². The molecule has 0 aliphatic carbocycles. The number of carbonyl (C=O) groups is 1. The summed E-state index contributed by atoms with van der Waals surface area (Å²) in [6, 6.07) is 0. The molecule has 1 aromatic rings. The third-order valence-electron chi connectivity index (χ3n) is 8.47. The molecule has 1 aromatic carbocycles. The van der Waals surface area contributed by atoms with Crippen molar-refractivity contribution in [1.82, 2.24) is 5.32 Å². The Bertz CT molecular complexity index is 865. The summed E-state index contributed by atoms with van der Waals surface area (Å²) in [6.45, 7) is 16.3. The number of ether oxygens (including phenoxy) is 2. The third kappa shape index (κ3) is 9.81. The molecule has 5 nitrogen and oxygen atoms in total. The highest BCUT2D eigenvalue weighted by Crippen LogP contribution is 2.45. The van der Waals surface area contributed by atoms with Crippen LogP contribution in [0.3, 0.4) is 0 Å². The van der Waals surface area contributed by atoms with Crippen molar-refractivity contribution in [3.8, 4) is 11.5 Å². The summed E-state index contributed by atoms with van der Waals surface area (Å²) < 4.78 is 12.5. The maximum absolute atomic E-state index is 11.0. The van der Waals surface area contributed by atoms with Crippen LogP contribution in [0.15, 0.2) is 0 Å². The van der Waals surface area contributed by atoms with E-state index in [0.717, 1.165) is 65.2 Å². The Balaban J connectivity index is 1.89. The molecule has 0 radical (unpaired) electrons. The minimum absolute atomic E-state index is 0.0708. The van der Waals surface area contributed by atoms with Crippen LogP contribution >= 0.6 is 0 Å². The smallest absolute Gasteiger partial charge is 0.317 e. The Hall–Kier alpha value is -1.75. The summed E-state index contributed by atoms with van der Waals surface area (Å²) in [5, 5.41) is 12.1. The zero-order valence-electron chi connectivity index (χ0n) is 25.1. The van der Waals surface area contributed by atoms with Crippen molar-refractivity contribution in [2.75, 3.05) is 13.7 Å². The number of fused-ring (bicyclic) bond motifs is 1. The Kier molecular flexibility index (Phi) is 12.8. The van der Waals surface area contributed by atoms with Gasteiger partial charge in [-0.05, 0) is 75.3 Å². The lowest BCUT2D eigenvalue weighted by Crippen LogP contribution is -2.37. The predicted molar refractivity (Wildman–Crippen MR) is 154 cm³/mol. The predicted octanol–water partition coefficient (Wildman–Crippen LogP) is 8.01. The third-order valence-corrected chi connectivity index (χ3v) is 8.47. The van der Waals surface area contributed by atoms with Crippen LogP contribution < -0.4 is 14.8 Å². The second-order valence-electron chi connectivity index (χ2n) is 12.5. The summed E-state index contributed by atoms with van der Waals surface area (Å²) in [7, 11) is 1.69. The SMILES string of the molecule is COc1c(C)c(C)c2c(c1CNCC(=O)O)CCC(C)(CCCC(C)CCCC(C)CCCC(C)C)O2. The summed E-state index contributed by atoms with van der Waals surface area (Å²) >= 11 is 0. The Labute approximate surface area is 227 Å². The fourth-order valence-corrected chi connectivity index (χ4v) is 5.89. The van der Waals surface area contributed by atoms with E-state index in [9.17, 15) is 4.79 Å². The molecule has 0 fully saturated rings. The van der Waals surface area contributed by atoms with Crippen LogP contribution in [-0.4, -0.2) is 30.3 Å². The summed E-state index contributed by atoms with van der Waals surface area (Å²) in [5.41, 5.74) is 4.26. The average molecular weight is 518 g/mol. The van der Waals surface area contributed by atoms with Crippen LogP contribution in [0.5, 0.6) is 11.5 Å². The van der Waals surface area contributed by atoms with Crippen molar-refractivity contribution < 1.29 is 19.4 Å². The van der Waals surface area contributed by atoms with Gasteiger partial charge in [0.05, 0.1) is 13.7 Å². The topological polar surface area (TPSA) is 67.8 Å². The van der Waals surface area contributed by atoms with E-state index in [4.69, 9.17) is 14.6 Å². The second kappa shape index (κ2) is 15.0. The molecule has 0 bridgehead atoms. The zero-order chi connectivity index (χ0) is 27.6. The first kappa shape index (κ1) is 31.5. The van der Waals surface area contributed by atoms with E-state index >= 15 is 0 Å². The van der Waals surface area contributed by atoms with Gasteiger partial charge in [-0.2, -0.15) is 0 Å². The molecular formula is C32H55NO4. The average Bonchev–Trinajstić information content (AvgIpc) is 2.82. The van der Waals surface area contributed by atoms with E-state index in [-0.39, 0.29) is 12.1 Å². The molecule has 212 valence electrons. The number of hydrogen-bond donors (Lipinski definition) is 2. The van der Waals surface area contributed by atoms with Crippen molar-refractivity contribution in [1.29, 1.82) is 0 Å². The highest BCUT2D eigenvalue weighted by molar-refractivity contribution is 5.69. The molecule has 2 N–H and O–H groups in total. The van der Waals surface area contributed by atoms with Gasteiger partial charge in [0, 0.05) is 17.7 Å². The van der Waals surface area contributed by atoms with Gasteiger partial charge < -0.3 is 19.9 Å². The first-order valence-electron chi connectivity index (χ1n) is 14.8. The number of rotatable bonds is 17. The number of benzene rings is 1. The van der Waals surface area contributed by atoms with Crippen molar-refractivity contribution in [2.45, 2.75) is 131 Å². The second-order valence-corrected chi connectivity index (χ2v) is 12.5. The lowest BCUT2D eigenvalue weighted by atomic mass is 9.83. The first-order valence-corrected chi connectivity index (χ1v) is 14.8. The van der Waals surface area contributed by atoms with Crippen molar-refractivity contribution in [3.05, 3.63) is 22.3 Å². The number of nitrogens with one attached hydrogen (secondary N) is 1. The standard InChI is InChI=1S/C32H55NO4/c1-22(2)12-9-13-23(3)14-10-15-24(4)16-11-18-32(7)19-17-27-28(20-33-21-29(34)35)30(36-8)25(5)26(6)31(27)37-32/h22-24,33H,9-21H2,1-8H3,(H,34,35). The van der Waals surface area contributed by atoms with Crippen LogP contribution in [-0.2, 0) is 17.8 Å². The molecule has 2 rings (SSSR count). The molecule has 0 saturated carbocycles. The molecular weight excluding hydrogens is 462 g/mol. The fraction of sp³-hybridized carbons (Fsp3) is 0.781. The first-order chi connectivity index (χ1) is 17.5. The Morgan fingerprint density at radius 2 is 1.59 bits per heavy atom. The van der Waals surface area contributed by atoms with Crippen molar-refractivity contribution >= 4 is 5.97 Å². The van der Waals surface area contributed by atoms with Crippen LogP contribution in [0.1, 0.15) is 121 Å². The molecule has 5 heteroatoms. The fourth-order valence-electron chi connectivity index (χ4n) is 5.89. The maximum Gasteiger partial charge on any atom is 0.317 e. The van der Waals surface area contributed by atoms with E-state index in [0.29, 0.717) is 6.54 Å². The van der Waals surface area contributed by atoms with Gasteiger partial charge in [0.25, 0.3) is 0 Å². The molecule has 3 atom stereocenters. The van der Waals surface area contributed by atoms with E-state index in [1.165, 1.54) is 56.9 Å². The molecule has 0 amide bonds. The van der Waals surface area contributed by atoms with E-state index in [1.54, 1.807) is 7.11 Å². The van der Waals surface area contributed by atoms with Gasteiger partial charge >= 0.3 is 5.97 Å². The highest BCUT2D eigenvalue weighted by atomic mass is 16.5. The van der Waals surface area contributed by atoms with Gasteiger partial charge in [0.1, 0.15) is 17.1 Å². The molecule has 0 aromatic heterocycles. The number of aliphatic carboxylic acids is 1. The van der Waals surface area contributed by atoms with Crippen LogP contribution in [0.2, 0.25) is 0 Å². The minimum atomic E-state index is -0.856. The van der Waals surface area contributed by atoms with Gasteiger partial charge in [-0.1, -0.05) is 72.6 Å². The summed E-state index contributed by atoms with van der Waals surface area (Å²) in [4.78, 5) is 11.0. The lowest BCUT2D eigenvalue weighted by molar-refractivity contribution is -0.136. The van der Waals surface area contributed by atoms with Gasteiger partial charge in [-0.25, -0.2) is 0 Å². The van der Waals surface area contributed by atoms with Gasteiger partial charge in [0.15, 0.2) is 0 Å². The number of methoxy groups -OCH3 is 1. The largest absolute Gasteiger partial charge is 0.496 e. The molecule has 1 heterocycles. The monoisotopic (exact) mass is 517 g/mol. The van der Waals surface area contributed by atoms with Crippen LogP contribution in [0.4, 0.5) is 0 Å². The molecule has 37 heavy (non-hydrogen) atoms. The van der Waals surface area contributed by atoms with Gasteiger partial charge in [-0.3, -0.25) is 4.79 Å². The minimum Gasteiger partial charge on any atom is -0.496 e. The summed E-state index contributed by atoms with van der Waals surface area (Å²) in [5.74, 6) is 3.43. The maximum atomic E-state index is 11.0. The summed E-state index contributed by atoms with van der Waals surface area (Å²) in [6.07, 6.45) is 13.6. The lowest BCUT2D eigenvalue weighted by Gasteiger charge is -2.39. The normalized spacial score (nSPS) is 18.8. The Morgan fingerprint density at radius 3 is 2.16 bits per heavy atom. The number of carboxylic acid groups (broad SMARTS) is 1. The quantitative estimate of drug-likeness (QED) is 0.219. The van der Waals surface area contributed by atoms with Gasteiger partial charge in [-0.15, -0.1) is 0 Å². The molecule has 1 aliphatic heterocycles. The highest BCUT2D eigenvalue weighted by Gasteiger charge is 2.35. The molecule has 1 aliphatic rings. The van der Waals surface area contributed by atoms with Gasteiger partial charge in [0.2, 0.25) is 0 Å². The molecule has 0 spiro atoms. The van der Waals surface area contributed by atoms with E-state index < -0.39 is 5.97 Å². The zero-order valence-corrected chi connectivity index (χ0v) is 25.1. The van der Waals surface area contributed by atoms with Crippen LogP contribution in [0, 0.1) is 31.6 Å². The number of carboxylic acids is 1. The molecule has 0 saturated heterocycles.